The Hall–Kier alpha value is -3.63. The number of aryl methyl sites for hydroxylation is 1. The van der Waals surface area contributed by atoms with Crippen LogP contribution in [-0.2, 0) is 0 Å². The van der Waals surface area contributed by atoms with Crippen LogP contribution in [0.4, 0.5) is 29.1 Å². The minimum Gasteiger partial charge on any atom is -0.478 e. The number of nitrogens with zero attached hydrogens (tertiary/aromatic N) is 3. The summed E-state index contributed by atoms with van der Waals surface area (Å²) in [6.07, 6.45) is 1.52. The predicted octanol–water partition coefficient (Wildman–Crippen LogP) is 4.27. The summed E-state index contributed by atoms with van der Waals surface area (Å²) in [6.45, 7) is 2.31. The second-order valence-corrected chi connectivity index (χ2v) is 8.51. The van der Waals surface area contributed by atoms with Gasteiger partial charge in [-0.3, -0.25) is 9.20 Å². The Morgan fingerprint density at radius 3 is 2.38 bits per heavy atom. The van der Waals surface area contributed by atoms with Gasteiger partial charge in [0.15, 0.2) is 0 Å². The number of aromatic carboxylic acids is 1. The average Bonchev–Trinajstić information content (AvgIpc) is 2.97. The summed E-state index contributed by atoms with van der Waals surface area (Å²) in [7, 11) is 0. The zero-order chi connectivity index (χ0) is 25.0. The molecule has 1 aliphatic rings. The number of hydrogen-bond donors (Lipinski definition) is 2. The normalized spacial score (nSPS) is 17.7. The van der Waals surface area contributed by atoms with Crippen molar-refractivity contribution in [3.63, 3.8) is 0 Å². The number of anilines is 2. The molecule has 0 saturated carbocycles. The maximum absolute atomic E-state index is 13.8. The summed E-state index contributed by atoms with van der Waals surface area (Å²) in [5.41, 5.74) is 1.03. The maximum atomic E-state index is 13.8. The highest BCUT2D eigenvalue weighted by atomic mass is 19.3. The zero-order valence-electron chi connectivity index (χ0n) is 18.6. The quantitative estimate of drug-likeness (QED) is 0.533. The molecule has 1 saturated heterocycles. The summed E-state index contributed by atoms with van der Waals surface area (Å²) >= 11 is 0. The van der Waals surface area contributed by atoms with Crippen LogP contribution >= 0.6 is 0 Å². The number of benzene rings is 1. The number of alkyl halides is 4. The van der Waals surface area contributed by atoms with Gasteiger partial charge in [-0.2, -0.15) is 17.6 Å². The number of carboxylic acid groups (broad SMARTS) is 1. The van der Waals surface area contributed by atoms with E-state index in [4.69, 9.17) is 0 Å². The molecule has 1 unspecified atom stereocenters. The minimum atomic E-state index is -4.25. The van der Waals surface area contributed by atoms with Gasteiger partial charge in [0.25, 0.3) is 5.56 Å². The van der Waals surface area contributed by atoms with E-state index >= 15 is 0 Å². The van der Waals surface area contributed by atoms with Crippen molar-refractivity contribution in [3.05, 3.63) is 69.1 Å². The lowest BCUT2D eigenvalue weighted by molar-refractivity contribution is -0.172. The fourth-order valence-electron chi connectivity index (χ4n) is 4.13. The van der Waals surface area contributed by atoms with Crippen LogP contribution in [0.1, 0.15) is 40.0 Å². The lowest BCUT2D eigenvalue weighted by Gasteiger charge is -2.22. The Morgan fingerprint density at radius 1 is 1.15 bits per heavy atom. The van der Waals surface area contributed by atoms with E-state index in [1.54, 1.807) is 38.1 Å². The monoisotopic (exact) mass is 478 g/mol. The number of fused-ring (bicyclic) bond motifs is 1. The van der Waals surface area contributed by atoms with Crippen molar-refractivity contribution in [1.29, 1.82) is 0 Å². The standard InChI is InChI=1S/C23H22F4N4O3/c1-12-8-16(14(3)28-17-7-5-4-6-15(17)21(33)34)19-29-18(13(2)20(32)31(19)9-12)30-10-22(24,25)23(26,27)11-30/h4-9,14,28H,10-11H2,1-3H3,(H,33,34). The Bertz CT molecular complexity index is 1340. The largest absolute Gasteiger partial charge is 0.478 e. The highest BCUT2D eigenvalue weighted by Gasteiger charge is 2.63. The topological polar surface area (TPSA) is 86.9 Å². The molecule has 180 valence electrons. The van der Waals surface area contributed by atoms with Crippen LogP contribution in [0.5, 0.6) is 0 Å². The first-order valence-electron chi connectivity index (χ1n) is 10.5. The minimum absolute atomic E-state index is 0.0283. The van der Waals surface area contributed by atoms with E-state index in [1.807, 2.05) is 0 Å². The molecule has 3 aromatic rings. The summed E-state index contributed by atoms with van der Waals surface area (Å²) in [5.74, 6) is -9.87. The Morgan fingerprint density at radius 2 is 1.76 bits per heavy atom. The number of hydrogen-bond acceptors (Lipinski definition) is 5. The maximum Gasteiger partial charge on any atom is 0.337 e. The number of aromatic nitrogens is 2. The first-order chi connectivity index (χ1) is 15.8. The predicted molar refractivity (Wildman–Crippen MR) is 118 cm³/mol. The van der Waals surface area contributed by atoms with Crippen molar-refractivity contribution in [2.24, 2.45) is 0 Å². The summed E-state index contributed by atoms with van der Waals surface area (Å²) in [5, 5.41) is 12.5. The fraction of sp³-hybridized carbons (Fsp3) is 0.348. The molecule has 0 bridgehead atoms. The zero-order valence-corrected chi connectivity index (χ0v) is 18.6. The molecule has 1 aromatic carbocycles. The van der Waals surface area contributed by atoms with E-state index in [-0.39, 0.29) is 22.6 Å². The number of nitrogens with one attached hydrogen (secondary N) is 1. The van der Waals surface area contributed by atoms with Crippen LogP contribution in [0.2, 0.25) is 0 Å². The van der Waals surface area contributed by atoms with E-state index in [0.717, 1.165) is 4.90 Å². The molecular formula is C23H22F4N4O3. The van der Waals surface area contributed by atoms with Gasteiger partial charge in [-0.05, 0) is 44.5 Å². The SMILES string of the molecule is Cc1cc(C(C)Nc2ccccc2C(=O)O)c2nc(N3CC(F)(F)C(F)(F)C3)c(C)c(=O)n2c1. The molecule has 1 fully saturated rings. The van der Waals surface area contributed by atoms with Gasteiger partial charge in [0, 0.05) is 17.4 Å². The van der Waals surface area contributed by atoms with Crippen LogP contribution in [0.3, 0.4) is 0 Å². The van der Waals surface area contributed by atoms with E-state index in [2.05, 4.69) is 10.3 Å². The van der Waals surface area contributed by atoms with Gasteiger partial charge in [0.1, 0.15) is 11.5 Å². The van der Waals surface area contributed by atoms with E-state index in [9.17, 15) is 32.3 Å². The molecule has 2 aromatic heterocycles. The van der Waals surface area contributed by atoms with Crippen molar-refractivity contribution in [1.82, 2.24) is 9.38 Å². The first kappa shape index (κ1) is 23.5. The van der Waals surface area contributed by atoms with Gasteiger partial charge in [-0.15, -0.1) is 0 Å². The number of carbonyl (C=O) groups is 1. The van der Waals surface area contributed by atoms with Crippen molar-refractivity contribution in [2.75, 3.05) is 23.3 Å². The number of rotatable bonds is 5. The molecule has 1 aliphatic heterocycles. The number of carboxylic acids is 1. The lowest BCUT2D eigenvalue weighted by atomic mass is 10.1. The molecule has 0 amide bonds. The second-order valence-electron chi connectivity index (χ2n) is 8.51. The molecule has 2 N–H and O–H groups in total. The Balaban J connectivity index is 1.84. The van der Waals surface area contributed by atoms with Crippen molar-refractivity contribution in [3.8, 4) is 0 Å². The van der Waals surface area contributed by atoms with Crippen LogP contribution in [0.25, 0.3) is 5.65 Å². The van der Waals surface area contributed by atoms with Gasteiger partial charge in [-0.1, -0.05) is 12.1 Å². The number of pyridine rings is 1. The third-order valence-electron chi connectivity index (χ3n) is 5.90. The molecule has 0 aliphatic carbocycles. The molecule has 0 radical (unpaired) electrons. The molecule has 3 heterocycles. The highest BCUT2D eigenvalue weighted by molar-refractivity contribution is 5.94. The van der Waals surface area contributed by atoms with Crippen LogP contribution in [-0.4, -0.2) is 45.4 Å². The molecule has 4 rings (SSSR count). The summed E-state index contributed by atoms with van der Waals surface area (Å²) in [4.78, 5) is 29.7. The van der Waals surface area contributed by atoms with Crippen LogP contribution < -0.4 is 15.8 Å². The van der Waals surface area contributed by atoms with Crippen molar-refractivity contribution in [2.45, 2.75) is 38.7 Å². The van der Waals surface area contributed by atoms with Gasteiger partial charge in [0.2, 0.25) is 0 Å². The number of halogens is 4. The average molecular weight is 478 g/mol. The van der Waals surface area contributed by atoms with Crippen molar-refractivity contribution >= 4 is 23.1 Å². The number of para-hydroxylation sites is 1. The molecule has 34 heavy (non-hydrogen) atoms. The van der Waals surface area contributed by atoms with Gasteiger partial charge in [-0.25, -0.2) is 9.78 Å². The van der Waals surface area contributed by atoms with E-state index in [0.29, 0.717) is 16.8 Å². The fourth-order valence-corrected chi connectivity index (χ4v) is 4.13. The van der Waals surface area contributed by atoms with Crippen molar-refractivity contribution < 1.29 is 27.5 Å². The summed E-state index contributed by atoms with van der Waals surface area (Å²) < 4.78 is 56.6. The summed E-state index contributed by atoms with van der Waals surface area (Å²) in [6, 6.07) is 7.41. The van der Waals surface area contributed by atoms with Crippen LogP contribution in [0, 0.1) is 13.8 Å². The van der Waals surface area contributed by atoms with Gasteiger partial charge < -0.3 is 15.3 Å². The third-order valence-corrected chi connectivity index (χ3v) is 5.90. The van der Waals surface area contributed by atoms with Gasteiger partial charge >= 0.3 is 17.8 Å². The Labute approximate surface area is 191 Å². The molecular weight excluding hydrogens is 456 g/mol. The highest BCUT2D eigenvalue weighted by Crippen LogP contribution is 2.42. The smallest absolute Gasteiger partial charge is 0.337 e. The first-order valence-corrected chi connectivity index (χ1v) is 10.5. The Kier molecular flexibility index (Phi) is 5.53. The second kappa shape index (κ2) is 8.00. The molecule has 0 spiro atoms. The lowest BCUT2D eigenvalue weighted by Crippen LogP contribution is -2.38. The molecule has 7 nitrogen and oxygen atoms in total. The van der Waals surface area contributed by atoms with Gasteiger partial charge in [0.05, 0.1) is 30.3 Å². The molecule has 1 atom stereocenters. The van der Waals surface area contributed by atoms with E-state index in [1.165, 1.54) is 23.6 Å². The van der Waals surface area contributed by atoms with Crippen LogP contribution in [0.15, 0.2) is 41.3 Å². The van der Waals surface area contributed by atoms with E-state index < -0.39 is 42.5 Å². The molecule has 11 heteroatoms. The third kappa shape index (κ3) is 3.84.